The third-order valence-electron chi connectivity index (χ3n) is 5.80. The zero-order valence-electron chi connectivity index (χ0n) is 16.6. The molecule has 1 aliphatic heterocycles. The number of hydrogen-bond donors (Lipinski definition) is 2. The average Bonchev–Trinajstić information content (AvgIpc) is 3.33. The van der Waals surface area contributed by atoms with Crippen molar-refractivity contribution in [2.24, 2.45) is 5.73 Å². The molecule has 0 amide bonds. The zero-order chi connectivity index (χ0) is 19.7. The number of likely N-dealkylation sites (tertiary alicyclic amines) is 1. The van der Waals surface area contributed by atoms with Crippen LogP contribution in [0.4, 0.5) is 13.2 Å². The largest absolute Gasteiger partial charge is 0.416 e. The monoisotopic (exact) mass is 461 g/mol. The van der Waals surface area contributed by atoms with Crippen LogP contribution in [0.25, 0.3) is 11.1 Å². The third-order valence-corrected chi connectivity index (χ3v) is 5.80. The summed E-state index contributed by atoms with van der Waals surface area (Å²) >= 11 is 0. The second kappa shape index (κ2) is 10.3. The molecule has 3 N–H and O–H groups in total. The van der Waals surface area contributed by atoms with Crippen molar-refractivity contribution in [3.8, 4) is 11.1 Å². The molecule has 3 atom stereocenters. The van der Waals surface area contributed by atoms with Crippen molar-refractivity contribution in [2.75, 3.05) is 26.2 Å². The first-order chi connectivity index (χ1) is 13.4. The Labute approximate surface area is 188 Å². The molecule has 3 nitrogen and oxygen atoms in total. The number of rotatable bonds is 6. The van der Waals surface area contributed by atoms with Crippen LogP contribution in [0.3, 0.4) is 0 Å². The van der Waals surface area contributed by atoms with E-state index in [1.54, 1.807) is 6.07 Å². The molecule has 0 spiro atoms. The molecule has 0 aromatic heterocycles. The van der Waals surface area contributed by atoms with Crippen LogP contribution in [0.5, 0.6) is 0 Å². The Morgan fingerprint density at radius 1 is 1.03 bits per heavy atom. The standard InChI is InChI=1S/C22H26F3N3.2ClH/c23-22(24,25)18-3-1-2-17(12-18)15-4-6-16(7-5-15)20-13-21(20)27-9-11-28-10-8-19(26)14-28;;/h1-7,12,19-21,27H,8-11,13-14,26H2;2*1H. The van der Waals surface area contributed by atoms with E-state index in [1.165, 1.54) is 17.7 Å². The Bertz CT molecular complexity index is 814. The first-order valence-electron chi connectivity index (χ1n) is 9.89. The second-order valence-corrected chi connectivity index (χ2v) is 7.95. The van der Waals surface area contributed by atoms with E-state index in [2.05, 4.69) is 10.2 Å². The van der Waals surface area contributed by atoms with Crippen molar-refractivity contribution >= 4 is 24.8 Å². The molecular weight excluding hydrogens is 434 g/mol. The molecular formula is C22H28Cl2F3N3. The highest BCUT2D eigenvalue weighted by atomic mass is 35.5. The van der Waals surface area contributed by atoms with Crippen molar-refractivity contribution in [2.45, 2.75) is 37.0 Å². The second-order valence-electron chi connectivity index (χ2n) is 7.95. The maximum Gasteiger partial charge on any atom is 0.416 e. The van der Waals surface area contributed by atoms with Crippen LogP contribution in [0.15, 0.2) is 48.5 Å². The normalized spacial score (nSPS) is 23.5. The highest BCUT2D eigenvalue weighted by molar-refractivity contribution is 5.85. The van der Waals surface area contributed by atoms with E-state index in [-0.39, 0.29) is 24.8 Å². The molecule has 2 aliphatic rings. The Kier molecular flexibility index (Phi) is 8.60. The van der Waals surface area contributed by atoms with Gasteiger partial charge < -0.3 is 16.0 Å². The molecule has 1 aliphatic carbocycles. The number of alkyl halides is 3. The van der Waals surface area contributed by atoms with Crippen molar-refractivity contribution in [3.63, 3.8) is 0 Å². The number of nitrogens with zero attached hydrogens (tertiary/aromatic N) is 1. The van der Waals surface area contributed by atoms with E-state index in [4.69, 9.17) is 5.73 Å². The Morgan fingerprint density at radius 2 is 1.77 bits per heavy atom. The van der Waals surface area contributed by atoms with Crippen LogP contribution >= 0.6 is 24.8 Å². The molecule has 166 valence electrons. The van der Waals surface area contributed by atoms with Gasteiger partial charge in [-0.1, -0.05) is 36.4 Å². The fraction of sp³-hybridized carbons (Fsp3) is 0.455. The maximum atomic E-state index is 12.9. The zero-order valence-corrected chi connectivity index (χ0v) is 18.2. The summed E-state index contributed by atoms with van der Waals surface area (Å²) in [5, 5.41) is 3.61. The fourth-order valence-electron chi connectivity index (χ4n) is 4.06. The topological polar surface area (TPSA) is 41.3 Å². The molecule has 0 radical (unpaired) electrons. The lowest BCUT2D eigenvalue weighted by atomic mass is 10.0. The summed E-state index contributed by atoms with van der Waals surface area (Å²) in [5.41, 5.74) is 7.97. The van der Waals surface area contributed by atoms with Crippen LogP contribution in [0.1, 0.15) is 29.9 Å². The molecule has 2 aromatic rings. The van der Waals surface area contributed by atoms with E-state index in [0.29, 0.717) is 23.6 Å². The summed E-state index contributed by atoms with van der Waals surface area (Å²) in [6.45, 7) is 4.09. The molecule has 2 aromatic carbocycles. The third kappa shape index (κ3) is 6.11. The van der Waals surface area contributed by atoms with Gasteiger partial charge in [0.25, 0.3) is 0 Å². The van der Waals surface area contributed by atoms with Gasteiger partial charge >= 0.3 is 6.18 Å². The molecule has 1 saturated heterocycles. The molecule has 1 heterocycles. The quantitative estimate of drug-likeness (QED) is 0.655. The number of halogens is 5. The molecule has 1 saturated carbocycles. The van der Waals surface area contributed by atoms with Gasteiger partial charge in [-0.2, -0.15) is 13.2 Å². The number of nitrogens with one attached hydrogen (secondary N) is 1. The van der Waals surface area contributed by atoms with Gasteiger partial charge in [0.05, 0.1) is 5.56 Å². The summed E-state index contributed by atoms with van der Waals surface area (Å²) in [6, 6.07) is 14.2. The minimum atomic E-state index is -4.32. The van der Waals surface area contributed by atoms with Gasteiger partial charge in [-0.25, -0.2) is 0 Å². The summed E-state index contributed by atoms with van der Waals surface area (Å²) < 4.78 is 38.7. The van der Waals surface area contributed by atoms with Crippen molar-refractivity contribution in [3.05, 3.63) is 59.7 Å². The van der Waals surface area contributed by atoms with Gasteiger partial charge in [-0.05, 0) is 48.2 Å². The van der Waals surface area contributed by atoms with Gasteiger partial charge in [0.2, 0.25) is 0 Å². The van der Waals surface area contributed by atoms with Crippen LogP contribution in [0.2, 0.25) is 0 Å². The Hall–Kier alpha value is -1.31. The van der Waals surface area contributed by atoms with Gasteiger partial charge in [-0.3, -0.25) is 0 Å². The van der Waals surface area contributed by atoms with E-state index in [0.717, 1.165) is 50.7 Å². The van der Waals surface area contributed by atoms with Crippen molar-refractivity contribution in [1.29, 1.82) is 0 Å². The summed E-state index contributed by atoms with van der Waals surface area (Å²) in [6.07, 6.45) is -2.12. The van der Waals surface area contributed by atoms with Crippen LogP contribution in [-0.4, -0.2) is 43.2 Å². The summed E-state index contributed by atoms with van der Waals surface area (Å²) in [4.78, 5) is 2.40. The summed E-state index contributed by atoms with van der Waals surface area (Å²) in [7, 11) is 0. The van der Waals surface area contributed by atoms with Gasteiger partial charge in [0.15, 0.2) is 0 Å². The fourth-order valence-corrected chi connectivity index (χ4v) is 4.06. The highest BCUT2D eigenvalue weighted by Gasteiger charge is 2.37. The number of hydrogen-bond acceptors (Lipinski definition) is 3. The highest BCUT2D eigenvalue weighted by Crippen LogP contribution is 2.41. The van der Waals surface area contributed by atoms with Crippen LogP contribution < -0.4 is 11.1 Å². The van der Waals surface area contributed by atoms with E-state index >= 15 is 0 Å². The lowest BCUT2D eigenvalue weighted by Crippen LogP contribution is -2.33. The van der Waals surface area contributed by atoms with E-state index in [1.807, 2.05) is 24.3 Å². The molecule has 30 heavy (non-hydrogen) atoms. The van der Waals surface area contributed by atoms with Gasteiger partial charge in [-0.15, -0.1) is 24.8 Å². The molecule has 8 heteroatoms. The minimum absolute atomic E-state index is 0. The molecule has 0 bridgehead atoms. The molecule has 2 fully saturated rings. The predicted octanol–water partition coefficient (Wildman–Crippen LogP) is 4.69. The van der Waals surface area contributed by atoms with Gasteiger partial charge in [0.1, 0.15) is 0 Å². The van der Waals surface area contributed by atoms with Crippen molar-refractivity contribution in [1.82, 2.24) is 10.2 Å². The number of benzene rings is 2. The maximum absolute atomic E-state index is 12.9. The first kappa shape index (κ1) is 25.0. The number of nitrogens with two attached hydrogens (primary N) is 1. The Balaban J connectivity index is 0.00000160. The van der Waals surface area contributed by atoms with Crippen LogP contribution in [-0.2, 0) is 6.18 Å². The lowest BCUT2D eigenvalue weighted by molar-refractivity contribution is -0.137. The lowest BCUT2D eigenvalue weighted by Gasteiger charge is -2.15. The van der Waals surface area contributed by atoms with Crippen LogP contribution in [0, 0.1) is 0 Å². The first-order valence-corrected chi connectivity index (χ1v) is 9.89. The van der Waals surface area contributed by atoms with Gasteiger partial charge in [0, 0.05) is 37.6 Å². The Morgan fingerprint density at radius 3 is 2.40 bits per heavy atom. The SMILES string of the molecule is Cl.Cl.NC1CCN(CCNC2CC2c2ccc(-c3cccc(C(F)(F)F)c3)cc2)C1. The van der Waals surface area contributed by atoms with Crippen molar-refractivity contribution < 1.29 is 13.2 Å². The van der Waals surface area contributed by atoms with E-state index in [9.17, 15) is 13.2 Å². The predicted molar refractivity (Wildman–Crippen MR) is 120 cm³/mol. The molecule has 3 unspecified atom stereocenters. The average molecular weight is 462 g/mol. The summed E-state index contributed by atoms with van der Waals surface area (Å²) in [5.74, 6) is 0.497. The van der Waals surface area contributed by atoms with E-state index < -0.39 is 11.7 Å². The minimum Gasteiger partial charge on any atom is -0.326 e. The smallest absolute Gasteiger partial charge is 0.326 e. The molecule has 4 rings (SSSR count).